The van der Waals surface area contributed by atoms with Crippen molar-refractivity contribution in [1.29, 1.82) is 0 Å². The van der Waals surface area contributed by atoms with Gasteiger partial charge in [-0.05, 0) is 43.2 Å². The van der Waals surface area contributed by atoms with E-state index in [1.165, 1.54) is 16.2 Å². The fourth-order valence-corrected chi connectivity index (χ4v) is 6.53. The monoisotopic (exact) mass is 510 g/mol. The molecule has 4 rings (SSSR count). The second-order valence-corrected chi connectivity index (χ2v) is 11.5. The van der Waals surface area contributed by atoms with E-state index in [1.807, 2.05) is 58.0 Å². The van der Waals surface area contributed by atoms with Crippen molar-refractivity contribution in [3.8, 4) is 0 Å². The summed E-state index contributed by atoms with van der Waals surface area (Å²) in [7, 11) is 0. The van der Waals surface area contributed by atoms with Crippen LogP contribution in [0.3, 0.4) is 0 Å². The first-order chi connectivity index (χ1) is 17.0. The van der Waals surface area contributed by atoms with Gasteiger partial charge in [0.15, 0.2) is 0 Å². The van der Waals surface area contributed by atoms with Gasteiger partial charge >= 0.3 is 5.97 Å². The lowest BCUT2D eigenvalue weighted by Gasteiger charge is -2.49. The third kappa shape index (κ3) is 4.25. The molecule has 1 aliphatic carbocycles. The van der Waals surface area contributed by atoms with Gasteiger partial charge in [0.05, 0.1) is 17.6 Å². The molecule has 36 heavy (non-hydrogen) atoms. The molecule has 2 aromatic rings. The van der Waals surface area contributed by atoms with Gasteiger partial charge in [0.1, 0.15) is 11.0 Å². The van der Waals surface area contributed by atoms with Crippen molar-refractivity contribution in [2.45, 2.75) is 66.3 Å². The molecule has 8 heteroatoms. The number of hydrogen-bond acceptors (Lipinski definition) is 6. The van der Waals surface area contributed by atoms with Crippen LogP contribution in [0, 0.1) is 16.7 Å². The maximum atomic E-state index is 13.9. The van der Waals surface area contributed by atoms with E-state index < -0.39 is 28.7 Å². The number of nitrogens with zero attached hydrogens (tertiary/aromatic N) is 1. The molecule has 0 spiro atoms. The standard InChI is InChI=1S/C28H34N2O5S/c1-6-18-16-19(25(33)35-7-2)23(36-18)29-22(31)21(15-17-11-9-8-10-12-17)30-24(32)20-13-14-28(5,26(30)34)27(20,3)4/h8-12,16,20-21H,6-7,13-15H2,1-5H3,(H,29,31). The third-order valence-corrected chi connectivity index (χ3v) is 9.40. The number of nitrogens with one attached hydrogen (secondary N) is 1. The lowest BCUT2D eigenvalue weighted by atomic mass is 9.62. The first kappa shape index (κ1) is 26.1. The van der Waals surface area contributed by atoms with E-state index in [2.05, 4.69) is 5.32 Å². The summed E-state index contributed by atoms with van der Waals surface area (Å²) in [5.74, 6) is -1.91. The molecule has 3 amide bonds. The average Bonchev–Trinajstić information content (AvgIpc) is 3.33. The van der Waals surface area contributed by atoms with Crippen molar-refractivity contribution in [3.05, 3.63) is 52.4 Å². The third-order valence-electron chi connectivity index (χ3n) is 8.20. The number of fused-ring (bicyclic) bond motifs is 2. The number of esters is 1. The Bertz CT molecular complexity index is 1190. The van der Waals surface area contributed by atoms with Crippen LogP contribution in [0.1, 0.15) is 68.3 Å². The Morgan fingerprint density at radius 1 is 1.17 bits per heavy atom. The van der Waals surface area contributed by atoms with Crippen molar-refractivity contribution in [1.82, 2.24) is 4.90 Å². The Hall–Kier alpha value is -3.00. The maximum Gasteiger partial charge on any atom is 0.341 e. The maximum absolute atomic E-state index is 13.9. The topological polar surface area (TPSA) is 92.8 Å². The van der Waals surface area contributed by atoms with Crippen molar-refractivity contribution in [2.75, 3.05) is 11.9 Å². The van der Waals surface area contributed by atoms with Crippen molar-refractivity contribution in [2.24, 2.45) is 16.7 Å². The molecule has 1 saturated carbocycles. The van der Waals surface area contributed by atoms with Crippen LogP contribution in [-0.2, 0) is 32.0 Å². The van der Waals surface area contributed by atoms with Crippen molar-refractivity contribution in [3.63, 3.8) is 0 Å². The van der Waals surface area contributed by atoms with Gasteiger partial charge in [-0.15, -0.1) is 11.3 Å². The highest BCUT2D eigenvalue weighted by molar-refractivity contribution is 7.16. The fraction of sp³-hybridized carbons (Fsp3) is 0.500. The number of imide groups is 1. The van der Waals surface area contributed by atoms with Crippen LogP contribution in [0.4, 0.5) is 5.00 Å². The van der Waals surface area contributed by atoms with Crippen molar-refractivity contribution < 1.29 is 23.9 Å². The molecule has 3 unspecified atom stereocenters. The largest absolute Gasteiger partial charge is 0.462 e. The zero-order valence-corrected chi connectivity index (χ0v) is 22.4. The molecule has 1 aromatic heterocycles. The molecule has 2 bridgehead atoms. The summed E-state index contributed by atoms with van der Waals surface area (Å²) >= 11 is 1.31. The molecule has 0 radical (unpaired) electrons. The van der Waals surface area contributed by atoms with Crippen LogP contribution in [-0.4, -0.2) is 41.2 Å². The number of likely N-dealkylation sites (tertiary alicyclic amines) is 1. The summed E-state index contributed by atoms with van der Waals surface area (Å²) in [6.07, 6.45) is 2.12. The first-order valence-electron chi connectivity index (χ1n) is 12.6. The highest BCUT2D eigenvalue weighted by Gasteiger charge is 2.65. The van der Waals surface area contributed by atoms with E-state index >= 15 is 0 Å². The normalized spacial score (nSPS) is 23.5. The second-order valence-electron chi connectivity index (χ2n) is 10.4. The molecule has 1 aromatic carbocycles. The number of anilines is 1. The number of aryl methyl sites for hydroxylation is 1. The van der Waals surface area contributed by atoms with Crippen molar-refractivity contribution >= 4 is 40.0 Å². The highest BCUT2D eigenvalue weighted by atomic mass is 32.1. The number of carbonyl (C=O) groups is 4. The van der Waals surface area contributed by atoms with Crippen LogP contribution in [0.2, 0.25) is 0 Å². The number of thiophene rings is 1. The van der Waals surface area contributed by atoms with E-state index in [1.54, 1.807) is 13.0 Å². The number of amides is 3. The molecule has 2 fully saturated rings. The lowest BCUT2D eigenvalue weighted by Crippen LogP contribution is -2.64. The van der Waals surface area contributed by atoms with E-state index in [4.69, 9.17) is 4.74 Å². The molecule has 7 nitrogen and oxygen atoms in total. The number of carbonyl (C=O) groups excluding carboxylic acids is 4. The highest BCUT2D eigenvalue weighted by Crippen LogP contribution is 2.60. The zero-order valence-electron chi connectivity index (χ0n) is 21.6. The lowest BCUT2D eigenvalue weighted by molar-refractivity contribution is -0.172. The zero-order chi connectivity index (χ0) is 26.3. The minimum absolute atomic E-state index is 0.189. The predicted octanol–water partition coefficient (Wildman–Crippen LogP) is 4.85. The summed E-state index contributed by atoms with van der Waals surface area (Å²) in [6.45, 7) is 9.78. The van der Waals surface area contributed by atoms with Crippen LogP contribution < -0.4 is 5.32 Å². The van der Waals surface area contributed by atoms with Gasteiger partial charge in [-0.2, -0.15) is 0 Å². The number of benzene rings is 1. The quantitative estimate of drug-likeness (QED) is 0.405. The molecule has 2 aliphatic rings. The minimum Gasteiger partial charge on any atom is -0.462 e. The summed E-state index contributed by atoms with van der Waals surface area (Å²) < 4.78 is 5.18. The van der Waals surface area contributed by atoms with E-state index in [-0.39, 0.29) is 36.3 Å². The summed E-state index contributed by atoms with van der Waals surface area (Å²) in [5, 5.41) is 3.25. The van der Waals surface area contributed by atoms with Gasteiger partial charge in [-0.25, -0.2) is 4.79 Å². The predicted molar refractivity (Wildman–Crippen MR) is 139 cm³/mol. The summed E-state index contributed by atoms with van der Waals surface area (Å²) in [5.41, 5.74) is -0.0804. The first-order valence-corrected chi connectivity index (χ1v) is 13.4. The molecule has 192 valence electrons. The van der Waals surface area contributed by atoms with Gasteiger partial charge in [0.25, 0.3) is 0 Å². The molecule has 1 aliphatic heterocycles. The Labute approximate surface area is 216 Å². The Kier molecular flexibility index (Phi) is 7.10. The summed E-state index contributed by atoms with van der Waals surface area (Å²) in [4.78, 5) is 56.1. The number of rotatable bonds is 8. The molecule has 2 heterocycles. The summed E-state index contributed by atoms with van der Waals surface area (Å²) in [6, 6.07) is 10.1. The van der Waals surface area contributed by atoms with Gasteiger partial charge in [0.2, 0.25) is 17.7 Å². The van der Waals surface area contributed by atoms with Crippen LogP contribution >= 0.6 is 11.3 Å². The minimum atomic E-state index is -1.04. The van der Waals surface area contributed by atoms with Crippen LogP contribution in [0.5, 0.6) is 0 Å². The van der Waals surface area contributed by atoms with Gasteiger partial charge in [-0.3, -0.25) is 19.3 Å². The van der Waals surface area contributed by atoms with E-state index in [0.717, 1.165) is 10.4 Å². The second kappa shape index (κ2) is 9.81. The smallest absolute Gasteiger partial charge is 0.341 e. The van der Waals surface area contributed by atoms with E-state index in [0.29, 0.717) is 24.3 Å². The van der Waals surface area contributed by atoms with Crippen LogP contribution in [0.15, 0.2) is 36.4 Å². The Morgan fingerprint density at radius 2 is 1.86 bits per heavy atom. The van der Waals surface area contributed by atoms with Crippen LogP contribution in [0.25, 0.3) is 0 Å². The number of piperidine rings is 1. The number of ether oxygens (including phenoxy) is 1. The SMILES string of the molecule is CCOC(=O)c1cc(CC)sc1NC(=O)C(Cc1ccccc1)N1C(=O)C2CCC(C)(C1=O)C2(C)C. The average molecular weight is 511 g/mol. The van der Waals surface area contributed by atoms with Gasteiger partial charge in [-0.1, -0.05) is 58.0 Å². The Morgan fingerprint density at radius 3 is 2.50 bits per heavy atom. The van der Waals surface area contributed by atoms with E-state index in [9.17, 15) is 19.2 Å². The molecule has 3 atom stereocenters. The molecular weight excluding hydrogens is 476 g/mol. The Balaban J connectivity index is 1.72. The molecular formula is C28H34N2O5S. The number of hydrogen-bond donors (Lipinski definition) is 1. The molecule has 1 N–H and O–H groups in total. The van der Waals surface area contributed by atoms with Gasteiger partial charge in [0, 0.05) is 17.2 Å². The fourth-order valence-electron chi connectivity index (χ4n) is 5.55. The van der Waals surface area contributed by atoms with Gasteiger partial charge < -0.3 is 10.1 Å². The molecule has 1 saturated heterocycles.